The number of aromatic nitrogens is 2. The van der Waals surface area contributed by atoms with Gasteiger partial charge in [-0.05, 0) is 84.7 Å². The van der Waals surface area contributed by atoms with E-state index in [4.69, 9.17) is 4.99 Å². The van der Waals surface area contributed by atoms with Gasteiger partial charge in [0.2, 0.25) is 5.91 Å². The standard InChI is InChI=1S/C32H39FN6O2/c1-19-5-6-21(26(33)13-19)9-11-39-18-35-28-16-23(7-8-24(28)30(39)41)36-31(38-12-10-34-29(40)17-38)37-27-15-22-14-25(20(27)2)32(22,3)4/h5-8,13,16,18,20,22,25,27H,9-12,14-15,17H2,1-4H3,(H,34,40)(H,36,37)/t20-,22-,25+,27-/m0/s1. The van der Waals surface area contributed by atoms with Crippen molar-refractivity contribution in [3.8, 4) is 0 Å². The van der Waals surface area contributed by atoms with Gasteiger partial charge in [0.15, 0.2) is 5.96 Å². The average molecular weight is 559 g/mol. The lowest BCUT2D eigenvalue weighted by Crippen LogP contribution is -2.57. The SMILES string of the molecule is Cc1ccc(CCn2cnc3cc(NC(=N[C@H]4C[C@@H]5C[C@H]([C@@H]4C)C5(C)C)N4CCNC(=O)C4)ccc3c2=O)c(F)c1. The third kappa shape index (κ3) is 5.22. The maximum Gasteiger partial charge on any atom is 0.261 e. The number of aryl methyl sites for hydroxylation is 3. The molecule has 3 aromatic rings. The Morgan fingerprint density at radius 1 is 1.20 bits per heavy atom. The van der Waals surface area contributed by atoms with Gasteiger partial charge in [-0.25, -0.2) is 14.4 Å². The third-order valence-corrected chi connectivity index (χ3v) is 9.85. The molecule has 3 aliphatic carbocycles. The zero-order valence-corrected chi connectivity index (χ0v) is 24.3. The Kier molecular flexibility index (Phi) is 7.08. The van der Waals surface area contributed by atoms with Crippen LogP contribution in [0.1, 0.15) is 44.7 Å². The summed E-state index contributed by atoms with van der Waals surface area (Å²) in [7, 11) is 0. The summed E-state index contributed by atoms with van der Waals surface area (Å²) in [6, 6.07) is 10.8. The molecule has 2 aromatic carbocycles. The Bertz CT molecular complexity index is 1580. The summed E-state index contributed by atoms with van der Waals surface area (Å²) in [5.74, 6) is 2.24. The van der Waals surface area contributed by atoms with E-state index in [0.29, 0.717) is 71.6 Å². The number of nitrogens with one attached hydrogen (secondary N) is 2. The number of carbonyl (C=O) groups excluding carboxylic acids is 1. The zero-order valence-electron chi connectivity index (χ0n) is 24.3. The molecule has 4 atom stereocenters. The number of amides is 1. The summed E-state index contributed by atoms with van der Waals surface area (Å²) in [5, 5.41) is 6.88. The minimum absolute atomic E-state index is 0.0160. The van der Waals surface area contributed by atoms with Crippen molar-refractivity contribution in [1.82, 2.24) is 19.8 Å². The Balaban J connectivity index is 1.24. The molecule has 41 heavy (non-hydrogen) atoms. The number of hydrogen-bond acceptors (Lipinski definition) is 4. The topological polar surface area (TPSA) is 91.6 Å². The molecule has 2 N–H and O–H groups in total. The van der Waals surface area contributed by atoms with Crippen LogP contribution in [0.25, 0.3) is 10.9 Å². The summed E-state index contributed by atoms with van der Waals surface area (Å²) in [6.07, 6.45) is 4.27. The number of aliphatic imine (C=N–C) groups is 1. The highest BCUT2D eigenvalue weighted by Gasteiger charge is 2.56. The number of hydrogen-bond donors (Lipinski definition) is 2. The van der Waals surface area contributed by atoms with Gasteiger partial charge in [-0.2, -0.15) is 0 Å². The highest BCUT2D eigenvalue weighted by molar-refractivity contribution is 5.98. The summed E-state index contributed by atoms with van der Waals surface area (Å²) in [6.45, 7) is 10.8. The van der Waals surface area contributed by atoms with Crippen molar-refractivity contribution in [2.24, 2.45) is 28.2 Å². The van der Waals surface area contributed by atoms with Crippen LogP contribution < -0.4 is 16.2 Å². The Morgan fingerprint density at radius 3 is 2.76 bits per heavy atom. The highest BCUT2D eigenvalue weighted by atomic mass is 19.1. The van der Waals surface area contributed by atoms with E-state index in [1.54, 1.807) is 12.1 Å². The highest BCUT2D eigenvalue weighted by Crippen LogP contribution is 2.61. The first kappa shape index (κ1) is 27.4. The molecular weight excluding hydrogens is 519 g/mol. The average Bonchev–Trinajstić information content (AvgIpc) is 2.94. The molecule has 8 nitrogen and oxygen atoms in total. The van der Waals surface area contributed by atoms with Gasteiger partial charge in [0.05, 0.1) is 29.8 Å². The number of carbonyl (C=O) groups is 1. The minimum atomic E-state index is -0.255. The Hall–Kier alpha value is -3.75. The molecule has 216 valence electrons. The Morgan fingerprint density at radius 2 is 2.02 bits per heavy atom. The fraction of sp³-hybridized carbons (Fsp3) is 0.500. The lowest BCUT2D eigenvalue weighted by molar-refractivity contribution is -0.122. The summed E-state index contributed by atoms with van der Waals surface area (Å²) in [5.41, 5.74) is 2.99. The van der Waals surface area contributed by atoms with Crippen molar-refractivity contribution in [3.05, 3.63) is 70.0 Å². The Labute approximate surface area is 240 Å². The van der Waals surface area contributed by atoms with Crippen LogP contribution in [0, 0.1) is 35.9 Å². The lowest BCUT2D eigenvalue weighted by Gasteiger charge is -2.61. The first-order valence-corrected chi connectivity index (χ1v) is 14.7. The number of nitrogens with zero attached hydrogens (tertiary/aromatic N) is 4. The number of halogens is 1. The van der Waals surface area contributed by atoms with Crippen LogP contribution in [-0.2, 0) is 17.8 Å². The molecule has 2 bridgehead atoms. The molecular formula is C32H39FN6O2. The van der Waals surface area contributed by atoms with Crippen LogP contribution in [0.2, 0.25) is 0 Å². The molecule has 0 spiro atoms. The number of benzene rings is 2. The maximum absolute atomic E-state index is 14.3. The predicted molar refractivity (Wildman–Crippen MR) is 159 cm³/mol. The van der Waals surface area contributed by atoms with Gasteiger partial charge >= 0.3 is 0 Å². The largest absolute Gasteiger partial charge is 0.353 e. The van der Waals surface area contributed by atoms with Crippen LogP contribution in [0.3, 0.4) is 0 Å². The maximum atomic E-state index is 14.3. The molecule has 9 heteroatoms. The van der Waals surface area contributed by atoms with E-state index in [1.807, 2.05) is 30.0 Å². The second-order valence-electron chi connectivity index (χ2n) is 12.7. The number of guanidine groups is 1. The van der Waals surface area contributed by atoms with Gasteiger partial charge in [-0.1, -0.05) is 32.9 Å². The summed E-state index contributed by atoms with van der Waals surface area (Å²) in [4.78, 5) is 37.3. The predicted octanol–water partition coefficient (Wildman–Crippen LogP) is 4.36. The molecule has 1 saturated heterocycles. The van der Waals surface area contributed by atoms with E-state index in [9.17, 15) is 14.0 Å². The molecule has 1 aliphatic heterocycles. The van der Waals surface area contributed by atoms with Crippen molar-refractivity contribution in [3.63, 3.8) is 0 Å². The van der Waals surface area contributed by atoms with Crippen molar-refractivity contribution in [2.45, 2.75) is 59.5 Å². The van der Waals surface area contributed by atoms with Crippen molar-refractivity contribution in [2.75, 3.05) is 25.0 Å². The molecule has 0 radical (unpaired) electrons. The number of piperazine rings is 1. The van der Waals surface area contributed by atoms with Gasteiger partial charge < -0.3 is 15.5 Å². The molecule has 2 heterocycles. The second kappa shape index (κ2) is 10.6. The van der Waals surface area contributed by atoms with Gasteiger partial charge in [0.1, 0.15) is 5.82 Å². The van der Waals surface area contributed by atoms with Crippen LogP contribution in [0.5, 0.6) is 0 Å². The summed E-state index contributed by atoms with van der Waals surface area (Å²) >= 11 is 0. The monoisotopic (exact) mass is 558 g/mol. The van der Waals surface area contributed by atoms with E-state index in [1.165, 1.54) is 23.4 Å². The second-order valence-corrected chi connectivity index (χ2v) is 12.7. The number of rotatable bonds is 5. The fourth-order valence-electron chi connectivity index (χ4n) is 7.08. The van der Waals surface area contributed by atoms with E-state index in [2.05, 4.69) is 36.4 Å². The van der Waals surface area contributed by atoms with Gasteiger partial charge in [-0.3, -0.25) is 14.2 Å². The molecule has 0 unspecified atom stereocenters. The van der Waals surface area contributed by atoms with E-state index in [0.717, 1.165) is 17.7 Å². The molecule has 1 aromatic heterocycles. The van der Waals surface area contributed by atoms with Gasteiger partial charge in [-0.15, -0.1) is 0 Å². The smallest absolute Gasteiger partial charge is 0.261 e. The van der Waals surface area contributed by atoms with E-state index in [-0.39, 0.29) is 29.9 Å². The molecule has 4 aliphatic rings. The number of fused-ring (bicyclic) bond motifs is 3. The van der Waals surface area contributed by atoms with Crippen LogP contribution in [0.15, 0.2) is 52.5 Å². The normalized spacial score (nSPS) is 25.5. The molecule has 3 saturated carbocycles. The van der Waals surface area contributed by atoms with Crippen LogP contribution >= 0.6 is 0 Å². The first-order chi connectivity index (χ1) is 19.6. The lowest BCUT2D eigenvalue weighted by atomic mass is 9.45. The van der Waals surface area contributed by atoms with Crippen LogP contribution in [0.4, 0.5) is 10.1 Å². The third-order valence-electron chi connectivity index (χ3n) is 9.85. The van der Waals surface area contributed by atoms with Gasteiger partial charge in [0, 0.05) is 25.3 Å². The molecule has 7 rings (SSSR count). The molecule has 1 amide bonds. The minimum Gasteiger partial charge on any atom is -0.353 e. The molecule has 4 fully saturated rings. The van der Waals surface area contributed by atoms with Gasteiger partial charge in [0.25, 0.3) is 5.56 Å². The first-order valence-electron chi connectivity index (χ1n) is 14.7. The summed E-state index contributed by atoms with van der Waals surface area (Å²) < 4.78 is 15.8. The number of anilines is 1. The van der Waals surface area contributed by atoms with E-state index >= 15 is 0 Å². The van der Waals surface area contributed by atoms with Crippen LogP contribution in [-0.4, -0.2) is 52.0 Å². The zero-order chi connectivity index (χ0) is 28.9. The fourth-order valence-corrected chi connectivity index (χ4v) is 7.08. The van der Waals surface area contributed by atoms with Crippen molar-refractivity contribution < 1.29 is 9.18 Å². The van der Waals surface area contributed by atoms with Crippen molar-refractivity contribution >= 4 is 28.5 Å². The quantitative estimate of drug-likeness (QED) is 0.359. The van der Waals surface area contributed by atoms with E-state index < -0.39 is 0 Å². The van der Waals surface area contributed by atoms with Crippen molar-refractivity contribution in [1.29, 1.82) is 0 Å².